The summed E-state index contributed by atoms with van der Waals surface area (Å²) in [6.45, 7) is 3.95. The Labute approximate surface area is 156 Å². The number of hydrogen-bond donors (Lipinski definition) is 3. The van der Waals surface area contributed by atoms with E-state index in [0.717, 1.165) is 38.8 Å². The van der Waals surface area contributed by atoms with Gasteiger partial charge in [0, 0.05) is 27.8 Å². The molecule has 27 heavy (non-hydrogen) atoms. The molecular weight excluding hydrogens is 338 g/mol. The number of carboxylic acids is 1. The quantitative estimate of drug-likeness (QED) is 0.353. The van der Waals surface area contributed by atoms with Gasteiger partial charge in [0.2, 0.25) is 0 Å². The maximum Gasteiger partial charge on any atom is 0.337 e. The van der Waals surface area contributed by atoms with Crippen LogP contribution in [0.25, 0.3) is 21.8 Å². The van der Waals surface area contributed by atoms with E-state index in [2.05, 4.69) is 5.32 Å². The first-order chi connectivity index (χ1) is 12.9. The lowest BCUT2D eigenvalue weighted by atomic mass is 10.0. The van der Waals surface area contributed by atoms with Crippen molar-refractivity contribution < 1.29 is 9.90 Å². The van der Waals surface area contributed by atoms with Crippen molar-refractivity contribution in [1.29, 1.82) is 0 Å². The molecule has 0 saturated carbocycles. The maximum atomic E-state index is 11.7. The van der Waals surface area contributed by atoms with Crippen LogP contribution in [0.15, 0.2) is 54.6 Å². The molecule has 0 bridgehead atoms. The Morgan fingerprint density at radius 2 is 1.85 bits per heavy atom. The number of nitrogens with zero attached hydrogens (tertiary/aromatic N) is 1. The van der Waals surface area contributed by atoms with Crippen LogP contribution in [-0.4, -0.2) is 16.1 Å². The zero-order valence-electron chi connectivity index (χ0n) is 15.1. The van der Waals surface area contributed by atoms with Gasteiger partial charge < -0.3 is 16.2 Å². The van der Waals surface area contributed by atoms with Crippen molar-refractivity contribution in [2.45, 2.75) is 13.8 Å². The summed E-state index contributed by atoms with van der Waals surface area (Å²) in [4.78, 5) is 16.4. The Kier molecular flexibility index (Phi) is 3.92. The number of aromatic carboxylic acids is 1. The molecule has 0 spiro atoms. The molecule has 5 heteroatoms. The van der Waals surface area contributed by atoms with E-state index in [9.17, 15) is 9.90 Å². The highest BCUT2D eigenvalue weighted by molar-refractivity contribution is 6.09. The molecule has 0 aliphatic rings. The third-order valence-corrected chi connectivity index (χ3v) is 4.62. The van der Waals surface area contributed by atoms with Crippen LogP contribution in [0.4, 0.5) is 17.1 Å². The fourth-order valence-corrected chi connectivity index (χ4v) is 3.41. The van der Waals surface area contributed by atoms with Crippen LogP contribution in [0.1, 0.15) is 21.5 Å². The molecule has 4 N–H and O–H groups in total. The topological polar surface area (TPSA) is 88.2 Å². The van der Waals surface area contributed by atoms with Crippen molar-refractivity contribution >= 4 is 44.8 Å². The number of nitrogen functional groups attached to an aromatic ring is 1. The second kappa shape index (κ2) is 6.29. The third kappa shape index (κ3) is 3.04. The summed E-state index contributed by atoms with van der Waals surface area (Å²) in [5, 5.41) is 14.7. The van der Waals surface area contributed by atoms with E-state index in [1.807, 2.05) is 56.3 Å². The third-order valence-electron chi connectivity index (χ3n) is 4.62. The summed E-state index contributed by atoms with van der Waals surface area (Å²) >= 11 is 0. The van der Waals surface area contributed by atoms with Gasteiger partial charge in [-0.15, -0.1) is 0 Å². The SMILES string of the molecule is Cc1cc(N)cc(Nc2ccc(C(=O)O)c3nc4c(C)cccc4cc23)c1. The summed E-state index contributed by atoms with van der Waals surface area (Å²) in [6.07, 6.45) is 0. The van der Waals surface area contributed by atoms with Gasteiger partial charge in [-0.2, -0.15) is 0 Å². The summed E-state index contributed by atoms with van der Waals surface area (Å²) in [5.41, 5.74) is 11.8. The molecular formula is C22H19N3O2. The first-order valence-electron chi connectivity index (χ1n) is 8.63. The zero-order valence-corrected chi connectivity index (χ0v) is 15.1. The minimum Gasteiger partial charge on any atom is -0.478 e. The van der Waals surface area contributed by atoms with Gasteiger partial charge in [-0.1, -0.05) is 18.2 Å². The number of carbonyl (C=O) groups is 1. The molecule has 1 aromatic heterocycles. The van der Waals surface area contributed by atoms with Gasteiger partial charge in [-0.3, -0.25) is 0 Å². The standard InChI is InChI=1S/C22H19N3O2/c1-12-8-15(23)11-16(9-12)24-19-7-6-17(22(26)27)21-18(19)10-14-5-3-4-13(2)20(14)25-21/h3-11,24H,23H2,1-2H3,(H,26,27). The van der Waals surface area contributed by atoms with E-state index in [-0.39, 0.29) is 5.56 Å². The number of nitrogens with one attached hydrogen (secondary N) is 1. The van der Waals surface area contributed by atoms with Crippen LogP contribution >= 0.6 is 0 Å². The Morgan fingerprint density at radius 3 is 2.59 bits per heavy atom. The number of aryl methyl sites for hydroxylation is 2. The molecule has 1 heterocycles. The average molecular weight is 357 g/mol. The second-order valence-electron chi connectivity index (χ2n) is 6.75. The number of nitrogens with two attached hydrogens (primary N) is 1. The van der Waals surface area contributed by atoms with E-state index in [0.29, 0.717) is 11.2 Å². The van der Waals surface area contributed by atoms with E-state index in [1.54, 1.807) is 12.1 Å². The molecule has 4 rings (SSSR count). The highest BCUT2D eigenvalue weighted by atomic mass is 16.4. The van der Waals surface area contributed by atoms with Crippen molar-refractivity contribution in [2.24, 2.45) is 0 Å². The number of para-hydroxylation sites is 1. The van der Waals surface area contributed by atoms with Gasteiger partial charge in [0.05, 0.1) is 16.6 Å². The molecule has 4 aromatic rings. The molecule has 5 nitrogen and oxygen atoms in total. The molecule has 0 amide bonds. The molecule has 0 unspecified atom stereocenters. The van der Waals surface area contributed by atoms with E-state index >= 15 is 0 Å². The lowest BCUT2D eigenvalue weighted by Crippen LogP contribution is -2.02. The molecule has 0 aliphatic carbocycles. The largest absolute Gasteiger partial charge is 0.478 e. The number of carboxylic acid groups (broad SMARTS) is 1. The Balaban J connectivity index is 1.98. The lowest BCUT2D eigenvalue weighted by molar-refractivity contribution is 0.0699. The fourth-order valence-electron chi connectivity index (χ4n) is 3.41. The van der Waals surface area contributed by atoms with Crippen molar-refractivity contribution in [2.75, 3.05) is 11.1 Å². The van der Waals surface area contributed by atoms with Crippen molar-refractivity contribution in [3.05, 3.63) is 71.3 Å². The number of rotatable bonds is 3. The molecule has 0 aliphatic heterocycles. The highest BCUT2D eigenvalue weighted by Gasteiger charge is 2.15. The first-order valence-corrected chi connectivity index (χ1v) is 8.63. The maximum absolute atomic E-state index is 11.7. The summed E-state index contributed by atoms with van der Waals surface area (Å²) in [6, 6.07) is 17.0. The molecule has 3 aromatic carbocycles. The number of pyridine rings is 1. The fraction of sp³-hybridized carbons (Fsp3) is 0.0909. The molecule has 0 saturated heterocycles. The van der Waals surface area contributed by atoms with E-state index < -0.39 is 5.97 Å². The minimum atomic E-state index is -0.994. The van der Waals surface area contributed by atoms with Crippen LogP contribution in [0.3, 0.4) is 0 Å². The minimum absolute atomic E-state index is 0.185. The van der Waals surface area contributed by atoms with Crippen molar-refractivity contribution in [1.82, 2.24) is 4.98 Å². The van der Waals surface area contributed by atoms with Gasteiger partial charge in [0.15, 0.2) is 0 Å². The van der Waals surface area contributed by atoms with Gasteiger partial charge in [0.25, 0.3) is 0 Å². The number of benzene rings is 3. The predicted molar refractivity (Wildman–Crippen MR) is 110 cm³/mol. The normalized spacial score (nSPS) is 11.0. The first kappa shape index (κ1) is 16.8. The van der Waals surface area contributed by atoms with Gasteiger partial charge >= 0.3 is 5.97 Å². The number of hydrogen-bond acceptors (Lipinski definition) is 4. The molecule has 0 fully saturated rings. The summed E-state index contributed by atoms with van der Waals surface area (Å²) in [5.74, 6) is -0.994. The smallest absolute Gasteiger partial charge is 0.337 e. The summed E-state index contributed by atoms with van der Waals surface area (Å²) < 4.78 is 0. The molecule has 134 valence electrons. The number of fused-ring (bicyclic) bond motifs is 2. The van der Waals surface area contributed by atoms with Crippen LogP contribution in [0.2, 0.25) is 0 Å². The highest BCUT2D eigenvalue weighted by Crippen LogP contribution is 2.32. The monoisotopic (exact) mass is 357 g/mol. The number of anilines is 3. The van der Waals surface area contributed by atoms with Gasteiger partial charge in [-0.05, 0) is 61.4 Å². The second-order valence-corrected chi connectivity index (χ2v) is 6.75. The molecule has 0 radical (unpaired) electrons. The predicted octanol–water partition coefficient (Wildman–Crippen LogP) is 5.03. The Morgan fingerprint density at radius 1 is 1.04 bits per heavy atom. The zero-order chi connectivity index (χ0) is 19.1. The van der Waals surface area contributed by atoms with Crippen molar-refractivity contribution in [3.63, 3.8) is 0 Å². The van der Waals surface area contributed by atoms with Crippen molar-refractivity contribution in [3.8, 4) is 0 Å². The van der Waals surface area contributed by atoms with Gasteiger partial charge in [0.1, 0.15) is 0 Å². The molecule has 0 atom stereocenters. The van der Waals surface area contributed by atoms with Crippen LogP contribution in [0, 0.1) is 13.8 Å². The van der Waals surface area contributed by atoms with Crippen LogP contribution in [-0.2, 0) is 0 Å². The van der Waals surface area contributed by atoms with Crippen LogP contribution in [0.5, 0.6) is 0 Å². The Hall–Kier alpha value is -3.60. The number of aromatic nitrogens is 1. The summed E-state index contributed by atoms with van der Waals surface area (Å²) in [7, 11) is 0. The van der Waals surface area contributed by atoms with Gasteiger partial charge in [-0.25, -0.2) is 9.78 Å². The average Bonchev–Trinajstić information content (AvgIpc) is 2.60. The van der Waals surface area contributed by atoms with E-state index in [1.165, 1.54) is 0 Å². The lowest BCUT2D eigenvalue weighted by Gasteiger charge is -2.14. The van der Waals surface area contributed by atoms with E-state index in [4.69, 9.17) is 10.7 Å². The Bertz CT molecular complexity index is 1200. The van der Waals surface area contributed by atoms with Crippen LogP contribution < -0.4 is 11.1 Å².